The van der Waals surface area contributed by atoms with E-state index in [1.54, 1.807) is 7.11 Å². The summed E-state index contributed by atoms with van der Waals surface area (Å²) in [5.41, 5.74) is 0. The van der Waals surface area contributed by atoms with Crippen LogP contribution >= 0.6 is 0 Å². The van der Waals surface area contributed by atoms with Crippen LogP contribution in [0, 0.1) is 12.3 Å². The predicted molar refractivity (Wildman–Crippen MR) is 46.9 cm³/mol. The van der Waals surface area contributed by atoms with Crippen LogP contribution in [0.15, 0.2) is 0 Å². The molecule has 2 unspecified atom stereocenters. The van der Waals surface area contributed by atoms with Crippen LogP contribution in [0.1, 0.15) is 6.42 Å². The van der Waals surface area contributed by atoms with Gasteiger partial charge in [0.25, 0.3) is 0 Å². The summed E-state index contributed by atoms with van der Waals surface area (Å²) in [7, 11) is 1.70. The van der Waals surface area contributed by atoms with E-state index in [1.165, 1.54) is 0 Å². The highest BCUT2D eigenvalue weighted by atomic mass is 16.5. The van der Waals surface area contributed by atoms with Gasteiger partial charge in [-0.05, 0) is 6.42 Å². The van der Waals surface area contributed by atoms with E-state index in [9.17, 15) is 0 Å². The SMILES string of the molecule is C#CCNC1CCOCC1OC. The van der Waals surface area contributed by atoms with Crippen molar-refractivity contribution in [3.8, 4) is 12.3 Å². The predicted octanol–water partition coefficient (Wildman–Crippen LogP) is 0.0131. The van der Waals surface area contributed by atoms with Crippen LogP contribution in [0.3, 0.4) is 0 Å². The molecule has 1 aliphatic rings. The molecule has 0 radical (unpaired) electrons. The first-order valence-corrected chi connectivity index (χ1v) is 4.16. The lowest BCUT2D eigenvalue weighted by Gasteiger charge is -2.30. The average Bonchev–Trinajstić information content (AvgIpc) is 2.15. The van der Waals surface area contributed by atoms with E-state index in [0.29, 0.717) is 19.2 Å². The van der Waals surface area contributed by atoms with Gasteiger partial charge in [-0.3, -0.25) is 0 Å². The van der Waals surface area contributed by atoms with Gasteiger partial charge in [-0.1, -0.05) is 5.92 Å². The van der Waals surface area contributed by atoms with Crippen molar-refractivity contribution in [3.63, 3.8) is 0 Å². The minimum absolute atomic E-state index is 0.145. The molecule has 3 nitrogen and oxygen atoms in total. The fourth-order valence-electron chi connectivity index (χ4n) is 1.37. The molecule has 1 fully saturated rings. The number of hydrogen-bond acceptors (Lipinski definition) is 3. The topological polar surface area (TPSA) is 30.5 Å². The average molecular weight is 169 g/mol. The van der Waals surface area contributed by atoms with E-state index in [-0.39, 0.29) is 6.10 Å². The molecule has 0 spiro atoms. The maximum Gasteiger partial charge on any atom is 0.0958 e. The first-order chi connectivity index (χ1) is 5.88. The lowest BCUT2D eigenvalue weighted by Crippen LogP contribution is -2.47. The van der Waals surface area contributed by atoms with Crippen molar-refractivity contribution in [3.05, 3.63) is 0 Å². The van der Waals surface area contributed by atoms with Crippen molar-refractivity contribution in [2.75, 3.05) is 26.9 Å². The zero-order valence-corrected chi connectivity index (χ0v) is 7.38. The highest BCUT2D eigenvalue weighted by Crippen LogP contribution is 2.09. The number of hydrogen-bond donors (Lipinski definition) is 1. The van der Waals surface area contributed by atoms with Crippen LogP contribution in [0.5, 0.6) is 0 Å². The number of terminal acetylenes is 1. The molecule has 0 aromatic rings. The Bertz CT molecular complexity index is 164. The lowest BCUT2D eigenvalue weighted by atomic mass is 10.1. The van der Waals surface area contributed by atoms with E-state index >= 15 is 0 Å². The van der Waals surface area contributed by atoms with Crippen molar-refractivity contribution < 1.29 is 9.47 Å². The largest absolute Gasteiger partial charge is 0.379 e. The van der Waals surface area contributed by atoms with Gasteiger partial charge < -0.3 is 14.8 Å². The van der Waals surface area contributed by atoms with Crippen LogP contribution in [0.25, 0.3) is 0 Å². The van der Waals surface area contributed by atoms with Gasteiger partial charge in [0.2, 0.25) is 0 Å². The van der Waals surface area contributed by atoms with E-state index in [2.05, 4.69) is 11.2 Å². The minimum atomic E-state index is 0.145. The summed E-state index contributed by atoms with van der Waals surface area (Å²) in [6.07, 6.45) is 6.27. The molecule has 12 heavy (non-hydrogen) atoms. The third-order valence-corrected chi connectivity index (χ3v) is 2.07. The van der Waals surface area contributed by atoms with Gasteiger partial charge in [0.1, 0.15) is 0 Å². The molecule has 1 rings (SSSR count). The van der Waals surface area contributed by atoms with Gasteiger partial charge in [-0.15, -0.1) is 6.42 Å². The molecule has 1 N–H and O–H groups in total. The molecule has 2 atom stereocenters. The van der Waals surface area contributed by atoms with Gasteiger partial charge in [0.05, 0.1) is 19.3 Å². The van der Waals surface area contributed by atoms with Crippen molar-refractivity contribution in [1.29, 1.82) is 0 Å². The highest BCUT2D eigenvalue weighted by Gasteiger charge is 2.24. The Hall–Kier alpha value is -0.560. The zero-order valence-electron chi connectivity index (χ0n) is 7.38. The standard InChI is InChI=1S/C9H15NO2/c1-3-5-10-8-4-6-12-7-9(8)11-2/h1,8-10H,4-7H2,2H3. The van der Waals surface area contributed by atoms with E-state index in [0.717, 1.165) is 13.0 Å². The highest BCUT2D eigenvalue weighted by molar-refractivity contribution is 4.90. The smallest absolute Gasteiger partial charge is 0.0958 e. The Kier molecular flexibility index (Phi) is 4.09. The Labute approximate surface area is 73.4 Å². The summed E-state index contributed by atoms with van der Waals surface area (Å²) in [4.78, 5) is 0. The molecular weight excluding hydrogens is 154 g/mol. The molecule has 3 heteroatoms. The summed E-state index contributed by atoms with van der Waals surface area (Å²) in [6.45, 7) is 2.06. The molecule has 0 bridgehead atoms. The van der Waals surface area contributed by atoms with Gasteiger partial charge in [0, 0.05) is 19.8 Å². The third kappa shape index (κ3) is 2.49. The van der Waals surface area contributed by atoms with Gasteiger partial charge >= 0.3 is 0 Å². The molecule has 1 aliphatic heterocycles. The third-order valence-electron chi connectivity index (χ3n) is 2.07. The molecule has 0 aliphatic carbocycles. The summed E-state index contributed by atoms with van der Waals surface area (Å²) >= 11 is 0. The fourth-order valence-corrected chi connectivity index (χ4v) is 1.37. The maximum absolute atomic E-state index is 5.27. The lowest BCUT2D eigenvalue weighted by molar-refractivity contribution is -0.0488. The Balaban J connectivity index is 2.32. The van der Waals surface area contributed by atoms with Gasteiger partial charge in [-0.25, -0.2) is 0 Å². The number of nitrogens with one attached hydrogen (secondary N) is 1. The summed E-state index contributed by atoms with van der Waals surface area (Å²) < 4.78 is 10.5. The van der Waals surface area contributed by atoms with Crippen LogP contribution < -0.4 is 5.32 Å². The van der Waals surface area contributed by atoms with Crippen molar-refractivity contribution in [1.82, 2.24) is 5.32 Å². The Morgan fingerprint density at radius 3 is 3.25 bits per heavy atom. The molecular formula is C9H15NO2. The zero-order chi connectivity index (χ0) is 8.81. The van der Waals surface area contributed by atoms with Crippen molar-refractivity contribution >= 4 is 0 Å². The second-order valence-corrected chi connectivity index (χ2v) is 2.83. The molecule has 0 saturated carbocycles. The Morgan fingerprint density at radius 1 is 1.75 bits per heavy atom. The number of ether oxygens (including phenoxy) is 2. The minimum Gasteiger partial charge on any atom is -0.379 e. The number of methoxy groups -OCH3 is 1. The molecule has 1 saturated heterocycles. The normalized spacial score (nSPS) is 29.7. The maximum atomic E-state index is 5.27. The second kappa shape index (κ2) is 5.15. The van der Waals surface area contributed by atoms with Crippen molar-refractivity contribution in [2.24, 2.45) is 0 Å². The first kappa shape index (κ1) is 9.53. The van der Waals surface area contributed by atoms with Crippen LogP contribution in [-0.2, 0) is 9.47 Å². The second-order valence-electron chi connectivity index (χ2n) is 2.83. The van der Waals surface area contributed by atoms with Crippen LogP contribution in [0.2, 0.25) is 0 Å². The molecule has 68 valence electrons. The Morgan fingerprint density at radius 2 is 2.58 bits per heavy atom. The van der Waals surface area contributed by atoms with E-state index < -0.39 is 0 Å². The summed E-state index contributed by atoms with van der Waals surface area (Å²) in [5.74, 6) is 2.55. The molecule has 0 aromatic carbocycles. The summed E-state index contributed by atoms with van der Waals surface area (Å²) in [5, 5.41) is 3.23. The van der Waals surface area contributed by atoms with Gasteiger partial charge in [0.15, 0.2) is 0 Å². The first-order valence-electron chi connectivity index (χ1n) is 4.16. The quantitative estimate of drug-likeness (QED) is 0.604. The molecule has 0 aromatic heterocycles. The van der Waals surface area contributed by atoms with E-state index in [1.807, 2.05) is 0 Å². The molecule has 0 amide bonds. The van der Waals surface area contributed by atoms with Crippen LogP contribution in [0.4, 0.5) is 0 Å². The fraction of sp³-hybridized carbons (Fsp3) is 0.778. The summed E-state index contributed by atoms with van der Waals surface area (Å²) in [6, 6.07) is 0.347. The van der Waals surface area contributed by atoms with Crippen molar-refractivity contribution in [2.45, 2.75) is 18.6 Å². The van der Waals surface area contributed by atoms with Gasteiger partial charge in [-0.2, -0.15) is 0 Å². The number of rotatable bonds is 3. The van der Waals surface area contributed by atoms with E-state index in [4.69, 9.17) is 15.9 Å². The van der Waals surface area contributed by atoms with Crippen LogP contribution in [-0.4, -0.2) is 39.0 Å². The molecule has 1 heterocycles. The monoisotopic (exact) mass is 169 g/mol.